The van der Waals surface area contributed by atoms with Gasteiger partial charge in [0.15, 0.2) is 0 Å². The molecule has 0 aliphatic heterocycles. The zero-order valence-corrected chi connectivity index (χ0v) is 13.9. The fourth-order valence-electron chi connectivity index (χ4n) is 2.75. The number of thiazole rings is 1. The summed E-state index contributed by atoms with van der Waals surface area (Å²) in [6.45, 7) is 5.11. The molecular weight excluding hydrogens is 278 g/mol. The number of hydrogen-bond donors (Lipinski definition) is 0. The van der Waals surface area contributed by atoms with Crippen molar-refractivity contribution < 1.29 is 0 Å². The Morgan fingerprint density at radius 3 is 2.86 bits per heavy atom. The molecule has 0 spiro atoms. The van der Waals surface area contributed by atoms with Crippen molar-refractivity contribution in [3.8, 4) is 0 Å². The number of hydrogen-bond acceptors (Lipinski definition) is 2. The maximum atomic E-state index is 12.2. The van der Waals surface area contributed by atoms with E-state index in [1.807, 2.05) is 4.57 Å². The van der Waals surface area contributed by atoms with Gasteiger partial charge in [0.25, 0.3) is 0 Å². The maximum Gasteiger partial charge on any atom is 0.308 e. The molecular formula is C18H25NOS. The molecule has 0 bridgehead atoms. The first kappa shape index (κ1) is 16.0. The lowest BCUT2D eigenvalue weighted by Crippen LogP contribution is -2.13. The number of allylic oxidation sites excluding steroid dienone is 2. The van der Waals surface area contributed by atoms with Crippen molar-refractivity contribution in [3.05, 3.63) is 45.6 Å². The Kier molecular flexibility index (Phi) is 6.24. The van der Waals surface area contributed by atoms with Crippen molar-refractivity contribution in [2.75, 3.05) is 0 Å². The van der Waals surface area contributed by atoms with Gasteiger partial charge in [0.2, 0.25) is 0 Å². The van der Waals surface area contributed by atoms with E-state index in [-0.39, 0.29) is 4.87 Å². The number of aromatic nitrogens is 1. The van der Waals surface area contributed by atoms with Crippen LogP contribution in [0.2, 0.25) is 0 Å². The van der Waals surface area contributed by atoms with Gasteiger partial charge in [-0.1, -0.05) is 55.4 Å². The zero-order chi connectivity index (χ0) is 15.1. The van der Waals surface area contributed by atoms with Gasteiger partial charge in [-0.05, 0) is 44.2 Å². The lowest BCUT2D eigenvalue weighted by molar-refractivity contribution is 0.595. The molecule has 0 atom stereocenters. The highest BCUT2D eigenvalue weighted by atomic mass is 32.1. The molecule has 2 rings (SSSR count). The SMILES string of the molecule is C/C=C/CCCCCn1c(=O)sc2cccc(CCC)c21. The largest absolute Gasteiger partial charge is 0.308 e. The molecule has 0 aliphatic carbocycles. The van der Waals surface area contributed by atoms with Gasteiger partial charge in [0.05, 0.1) is 10.2 Å². The van der Waals surface area contributed by atoms with Crippen LogP contribution in [0.4, 0.5) is 0 Å². The predicted octanol–water partition coefficient (Wildman–Crippen LogP) is 5.15. The van der Waals surface area contributed by atoms with E-state index in [9.17, 15) is 4.79 Å². The minimum atomic E-state index is 0.196. The first-order valence-electron chi connectivity index (χ1n) is 8.00. The number of nitrogens with zero attached hydrogens (tertiary/aromatic N) is 1. The van der Waals surface area contributed by atoms with E-state index in [1.165, 1.54) is 35.3 Å². The third kappa shape index (κ3) is 4.07. The van der Waals surface area contributed by atoms with Gasteiger partial charge in [-0.2, -0.15) is 0 Å². The molecule has 0 saturated heterocycles. The van der Waals surface area contributed by atoms with Crippen LogP contribution in [0, 0.1) is 0 Å². The van der Waals surface area contributed by atoms with Gasteiger partial charge in [-0.25, -0.2) is 0 Å². The lowest BCUT2D eigenvalue weighted by Gasteiger charge is -2.07. The van der Waals surface area contributed by atoms with Gasteiger partial charge in [0, 0.05) is 6.54 Å². The first-order valence-corrected chi connectivity index (χ1v) is 8.82. The smallest absolute Gasteiger partial charge is 0.298 e. The van der Waals surface area contributed by atoms with Gasteiger partial charge in [-0.15, -0.1) is 0 Å². The van der Waals surface area contributed by atoms with E-state index >= 15 is 0 Å². The molecule has 0 fully saturated rings. The summed E-state index contributed by atoms with van der Waals surface area (Å²) < 4.78 is 3.14. The van der Waals surface area contributed by atoms with Crippen LogP contribution in [0.3, 0.4) is 0 Å². The van der Waals surface area contributed by atoms with Crippen molar-refractivity contribution in [2.45, 2.75) is 58.9 Å². The minimum absolute atomic E-state index is 0.196. The molecule has 2 aromatic rings. The number of benzene rings is 1. The Morgan fingerprint density at radius 2 is 2.10 bits per heavy atom. The number of aryl methyl sites for hydroxylation is 2. The summed E-state index contributed by atoms with van der Waals surface area (Å²) in [5, 5.41) is 0. The summed E-state index contributed by atoms with van der Waals surface area (Å²) in [6.07, 6.45) is 11.1. The Morgan fingerprint density at radius 1 is 1.24 bits per heavy atom. The van der Waals surface area contributed by atoms with Crippen LogP contribution < -0.4 is 4.87 Å². The van der Waals surface area contributed by atoms with Gasteiger partial charge >= 0.3 is 4.87 Å². The molecule has 2 nitrogen and oxygen atoms in total. The molecule has 1 heterocycles. The van der Waals surface area contributed by atoms with Crippen molar-refractivity contribution >= 4 is 21.6 Å². The van der Waals surface area contributed by atoms with Crippen LogP contribution in [0.25, 0.3) is 10.2 Å². The molecule has 0 aliphatic rings. The van der Waals surface area contributed by atoms with Crippen LogP contribution in [-0.4, -0.2) is 4.57 Å². The van der Waals surface area contributed by atoms with Crippen molar-refractivity contribution in [2.24, 2.45) is 0 Å². The zero-order valence-electron chi connectivity index (χ0n) is 13.1. The quantitative estimate of drug-likeness (QED) is 0.488. The average Bonchev–Trinajstić information content (AvgIpc) is 2.80. The van der Waals surface area contributed by atoms with Gasteiger partial charge in [-0.3, -0.25) is 9.36 Å². The second-order valence-corrected chi connectivity index (χ2v) is 6.45. The standard InChI is InChI=1S/C18H25NOS/c1-3-5-6-7-8-9-14-19-17-15(11-4-2)12-10-13-16(17)21-18(19)20/h3,5,10,12-13H,4,6-9,11,14H2,1-2H3/b5-3+. The summed E-state index contributed by atoms with van der Waals surface area (Å²) in [7, 11) is 0. The summed E-state index contributed by atoms with van der Waals surface area (Å²) in [5.74, 6) is 0. The third-order valence-electron chi connectivity index (χ3n) is 3.78. The number of para-hydroxylation sites is 1. The van der Waals surface area contributed by atoms with Crippen molar-refractivity contribution in [3.63, 3.8) is 0 Å². The Bertz CT molecular complexity index is 651. The highest BCUT2D eigenvalue weighted by molar-refractivity contribution is 7.16. The lowest BCUT2D eigenvalue weighted by atomic mass is 10.1. The van der Waals surface area contributed by atoms with E-state index in [1.54, 1.807) is 0 Å². The van der Waals surface area contributed by atoms with Crippen LogP contribution in [0.1, 0.15) is 51.5 Å². The molecule has 1 aromatic heterocycles. The van der Waals surface area contributed by atoms with E-state index in [4.69, 9.17) is 0 Å². The van der Waals surface area contributed by atoms with Crippen LogP contribution >= 0.6 is 11.3 Å². The Labute approximate surface area is 131 Å². The molecule has 0 saturated carbocycles. The fraction of sp³-hybridized carbons (Fsp3) is 0.500. The van der Waals surface area contributed by atoms with E-state index in [0.717, 1.165) is 36.9 Å². The molecule has 0 amide bonds. The number of unbranched alkanes of at least 4 members (excludes halogenated alkanes) is 3. The van der Waals surface area contributed by atoms with Gasteiger partial charge in [0.1, 0.15) is 0 Å². The minimum Gasteiger partial charge on any atom is -0.298 e. The number of fused-ring (bicyclic) bond motifs is 1. The molecule has 21 heavy (non-hydrogen) atoms. The molecule has 1 aromatic carbocycles. The van der Waals surface area contributed by atoms with Crippen LogP contribution in [-0.2, 0) is 13.0 Å². The normalized spacial score (nSPS) is 11.7. The third-order valence-corrected chi connectivity index (χ3v) is 4.72. The van der Waals surface area contributed by atoms with Gasteiger partial charge < -0.3 is 0 Å². The van der Waals surface area contributed by atoms with E-state index in [0.29, 0.717) is 0 Å². The average molecular weight is 303 g/mol. The summed E-state index contributed by atoms with van der Waals surface area (Å²) in [5.41, 5.74) is 2.50. The molecule has 0 radical (unpaired) electrons. The number of rotatable bonds is 8. The maximum absolute atomic E-state index is 12.2. The highest BCUT2D eigenvalue weighted by Crippen LogP contribution is 2.23. The van der Waals surface area contributed by atoms with Crippen LogP contribution in [0.5, 0.6) is 0 Å². The van der Waals surface area contributed by atoms with E-state index < -0.39 is 0 Å². The second kappa shape index (κ2) is 8.18. The monoisotopic (exact) mass is 303 g/mol. The second-order valence-electron chi connectivity index (χ2n) is 5.45. The highest BCUT2D eigenvalue weighted by Gasteiger charge is 2.10. The Balaban J connectivity index is 2.11. The summed E-state index contributed by atoms with van der Waals surface area (Å²) >= 11 is 1.39. The topological polar surface area (TPSA) is 22.0 Å². The fourth-order valence-corrected chi connectivity index (χ4v) is 3.71. The van der Waals surface area contributed by atoms with Crippen molar-refractivity contribution in [1.29, 1.82) is 0 Å². The molecule has 0 N–H and O–H groups in total. The van der Waals surface area contributed by atoms with E-state index in [2.05, 4.69) is 44.2 Å². The summed E-state index contributed by atoms with van der Waals surface area (Å²) in [6, 6.07) is 6.31. The predicted molar refractivity (Wildman–Crippen MR) is 93.4 cm³/mol. The molecule has 114 valence electrons. The Hall–Kier alpha value is -1.35. The molecule has 0 unspecified atom stereocenters. The van der Waals surface area contributed by atoms with Crippen molar-refractivity contribution in [1.82, 2.24) is 4.57 Å². The summed E-state index contributed by atoms with van der Waals surface area (Å²) in [4.78, 5) is 12.4. The first-order chi connectivity index (χ1) is 10.3. The molecule has 3 heteroatoms. The van der Waals surface area contributed by atoms with Crippen LogP contribution in [0.15, 0.2) is 35.1 Å².